The van der Waals surface area contributed by atoms with Crippen molar-refractivity contribution in [1.29, 1.82) is 0 Å². The summed E-state index contributed by atoms with van der Waals surface area (Å²) in [6, 6.07) is 10.2. The average Bonchev–Trinajstić information content (AvgIpc) is 2.26. The second-order valence-electron chi connectivity index (χ2n) is 5.36. The molecule has 1 aromatic rings. The monoisotopic (exact) mass is 250 g/mol. The number of carbonyl (C=O) groups excluding carboxylic acids is 1. The number of hydrogen-bond acceptors (Lipinski definition) is 2. The molecule has 0 aromatic heterocycles. The van der Waals surface area contributed by atoms with E-state index in [1.807, 2.05) is 25.1 Å². The van der Waals surface area contributed by atoms with E-state index in [4.69, 9.17) is 4.74 Å². The van der Waals surface area contributed by atoms with Crippen molar-refractivity contribution < 1.29 is 9.53 Å². The molecular weight excluding hydrogens is 228 g/mol. The molecule has 94 valence electrons. The topological polar surface area (TPSA) is 26.3 Å². The molecule has 1 unspecified atom stereocenters. The molecule has 0 N–H and O–H groups in total. The van der Waals surface area contributed by atoms with Crippen LogP contribution in [0.2, 0.25) is 25.2 Å². The standard InChI is InChI=1S/C14H22O2Si/c1-5-16-14(15)13(17(2,3)4)11-12-9-7-6-8-10-12/h6-10,13H,5,11H2,1-4H3. The molecule has 3 heteroatoms. The molecule has 0 saturated heterocycles. The van der Waals surface area contributed by atoms with E-state index in [9.17, 15) is 4.79 Å². The molecule has 0 saturated carbocycles. The van der Waals surface area contributed by atoms with Gasteiger partial charge < -0.3 is 4.74 Å². The van der Waals surface area contributed by atoms with Gasteiger partial charge in [0.1, 0.15) is 0 Å². The Morgan fingerprint density at radius 1 is 1.24 bits per heavy atom. The highest BCUT2D eigenvalue weighted by molar-refractivity contribution is 6.80. The lowest BCUT2D eigenvalue weighted by Crippen LogP contribution is -2.36. The van der Waals surface area contributed by atoms with Crippen molar-refractivity contribution in [3.05, 3.63) is 35.9 Å². The highest BCUT2D eigenvalue weighted by Gasteiger charge is 2.34. The molecule has 0 aliphatic carbocycles. The number of carbonyl (C=O) groups is 1. The van der Waals surface area contributed by atoms with Crippen LogP contribution in [0.3, 0.4) is 0 Å². The summed E-state index contributed by atoms with van der Waals surface area (Å²) < 4.78 is 5.20. The lowest BCUT2D eigenvalue weighted by atomic mass is 10.1. The van der Waals surface area contributed by atoms with Crippen LogP contribution in [0.15, 0.2) is 30.3 Å². The van der Waals surface area contributed by atoms with E-state index in [0.29, 0.717) is 6.61 Å². The molecule has 0 heterocycles. The summed E-state index contributed by atoms with van der Waals surface area (Å²) >= 11 is 0. The molecule has 1 atom stereocenters. The van der Waals surface area contributed by atoms with E-state index in [1.54, 1.807) is 0 Å². The van der Waals surface area contributed by atoms with Gasteiger partial charge in [-0.1, -0.05) is 50.0 Å². The Hall–Kier alpha value is -1.09. The van der Waals surface area contributed by atoms with Crippen LogP contribution in [-0.4, -0.2) is 20.7 Å². The van der Waals surface area contributed by atoms with Gasteiger partial charge in [-0.2, -0.15) is 0 Å². The van der Waals surface area contributed by atoms with Gasteiger partial charge in [0, 0.05) is 0 Å². The van der Waals surface area contributed by atoms with Gasteiger partial charge in [0.25, 0.3) is 0 Å². The average molecular weight is 250 g/mol. The van der Waals surface area contributed by atoms with Crippen LogP contribution in [0.4, 0.5) is 0 Å². The fourth-order valence-corrected chi connectivity index (χ4v) is 3.47. The number of rotatable bonds is 5. The fraction of sp³-hybridized carbons (Fsp3) is 0.500. The number of esters is 1. The summed E-state index contributed by atoms with van der Waals surface area (Å²) in [6.07, 6.45) is 0.801. The molecule has 0 amide bonds. The molecule has 0 fully saturated rings. The van der Waals surface area contributed by atoms with Crippen molar-refractivity contribution in [2.75, 3.05) is 6.61 Å². The Kier molecular flexibility index (Phi) is 4.94. The van der Waals surface area contributed by atoms with E-state index in [2.05, 4.69) is 31.8 Å². The van der Waals surface area contributed by atoms with Gasteiger partial charge in [-0.3, -0.25) is 4.79 Å². The number of ether oxygens (including phenoxy) is 1. The van der Waals surface area contributed by atoms with Gasteiger partial charge in [0.15, 0.2) is 0 Å². The molecule has 17 heavy (non-hydrogen) atoms. The molecule has 1 aromatic carbocycles. The third kappa shape index (κ3) is 4.34. The highest BCUT2D eigenvalue weighted by atomic mass is 28.3. The molecule has 0 radical (unpaired) electrons. The smallest absolute Gasteiger partial charge is 0.306 e. The summed E-state index contributed by atoms with van der Waals surface area (Å²) in [5, 5.41) is 0. The molecule has 0 aliphatic rings. The molecule has 1 rings (SSSR count). The maximum absolute atomic E-state index is 12.0. The van der Waals surface area contributed by atoms with E-state index >= 15 is 0 Å². The first-order chi connectivity index (χ1) is 7.95. The van der Waals surface area contributed by atoms with Crippen LogP contribution in [0.1, 0.15) is 12.5 Å². The van der Waals surface area contributed by atoms with Crippen LogP contribution in [0, 0.1) is 0 Å². The Bertz CT molecular complexity index is 354. The van der Waals surface area contributed by atoms with Gasteiger partial charge in [-0.05, 0) is 18.9 Å². The molecular formula is C14H22O2Si. The fourth-order valence-electron chi connectivity index (χ4n) is 1.84. The van der Waals surface area contributed by atoms with Crippen LogP contribution in [0.5, 0.6) is 0 Å². The molecule has 0 aliphatic heterocycles. The van der Waals surface area contributed by atoms with Crippen molar-refractivity contribution >= 4 is 14.0 Å². The van der Waals surface area contributed by atoms with Gasteiger partial charge >= 0.3 is 5.97 Å². The van der Waals surface area contributed by atoms with E-state index in [1.165, 1.54) is 5.56 Å². The third-order valence-electron chi connectivity index (χ3n) is 2.90. The van der Waals surface area contributed by atoms with Crippen molar-refractivity contribution in [3.8, 4) is 0 Å². The quantitative estimate of drug-likeness (QED) is 0.590. The second kappa shape index (κ2) is 6.01. The molecule has 0 spiro atoms. The van der Waals surface area contributed by atoms with E-state index in [-0.39, 0.29) is 11.5 Å². The van der Waals surface area contributed by atoms with Crippen LogP contribution in [-0.2, 0) is 16.0 Å². The minimum absolute atomic E-state index is 0.0319. The summed E-state index contributed by atoms with van der Waals surface area (Å²) in [5.74, 6) is -0.0319. The summed E-state index contributed by atoms with van der Waals surface area (Å²) in [6.45, 7) is 8.99. The molecule has 2 nitrogen and oxygen atoms in total. The maximum Gasteiger partial charge on any atom is 0.306 e. The summed E-state index contributed by atoms with van der Waals surface area (Å²) in [7, 11) is -1.54. The summed E-state index contributed by atoms with van der Waals surface area (Å²) in [5.41, 5.74) is 1.26. The lowest BCUT2D eigenvalue weighted by Gasteiger charge is -2.27. The first-order valence-corrected chi connectivity index (χ1v) is 9.73. The zero-order chi connectivity index (χ0) is 12.9. The third-order valence-corrected chi connectivity index (χ3v) is 5.43. The molecule has 0 bridgehead atoms. The first-order valence-electron chi connectivity index (χ1n) is 6.15. The number of benzene rings is 1. The Morgan fingerprint density at radius 3 is 2.29 bits per heavy atom. The zero-order valence-electron chi connectivity index (χ0n) is 11.2. The minimum Gasteiger partial charge on any atom is -0.466 e. The Balaban J connectivity index is 2.82. The second-order valence-corrected chi connectivity index (χ2v) is 10.8. The highest BCUT2D eigenvalue weighted by Crippen LogP contribution is 2.27. The Labute approximate surface area is 105 Å². The predicted octanol–water partition coefficient (Wildman–Crippen LogP) is 3.50. The Morgan fingerprint density at radius 2 is 1.82 bits per heavy atom. The van der Waals surface area contributed by atoms with Crippen LogP contribution in [0.25, 0.3) is 0 Å². The summed E-state index contributed by atoms with van der Waals surface area (Å²) in [4.78, 5) is 12.0. The largest absolute Gasteiger partial charge is 0.466 e. The van der Waals surface area contributed by atoms with Gasteiger partial charge in [-0.15, -0.1) is 0 Å². The maximum atomic E-state index is 12.0. The lowest BCUT2D eigenvalue weighted by molar-refractivity contribution is -0.143. The van der Waals surface area contributed by atoms with Crippen LogP contribution < -0.4 is 0 Å². The first kappa shape index (κ1) is 14.0. The van der Waals surface area contributed by atoms with Crippen molar-refractivity contribution in [2.24, 2.45) is 0 Å². The number of hydrogen-bond donors (Lipinski definition) is 0. The SMILES string of the molecule is CCOC(=O)C(Cc1ccccc1)[Si](C)(C)C. The van der Waals surface area contributed by atoms with Gasteiger partial charge in [-0.25, -0.2) is 0 Å². The van der Waals surface area contributed by atoms with Crippen molar-refractivity contribution in [3.63, 3.8) is 0 Å². The normalized spacial score (nSPS) is 13.2. The van der Waals surface area contributed by atoms with E-state index < -0.39 is 8.07 Å². The predicted molar refractivity (Wildman–Crippen MR) is 73.9 cm³/mol. The van der Waals surface area contributed by atoms with Crippen molar-refractivity contribution in [1.82, 2.24) is 0 Å². The van der Waals surface area contributed by atoms with Gasteiger partial charge in [0.05, 0.1) is 20.2 Å². The zero-order valence-corrected chi connectivity index (χ0v) is 12.2. The van der Waals surface area contributed by atoms with Crippen molar-refractivity contribution in [2.45, 2.75) is 38.5 Å². The van der Waals surface area contributed by atoms with E-state index in [0.717, 1.165) is 6.42 Å². The van der Waals surface area contributed by atoms with Gasteiger partial charge in [0.2, 0.25) is 0 Å². The van der Waals surface area contributed by atoms with Crippen LogP contribution >= 0.6 is 0 Å². The minimum atomic E-state index is -1.54.